The quantitative estimate of drug-likeness (QED) is 0.254. The number of aromatic nitrogens is 3. The van der Waals surface area contributed by atoms with E-state index in [0.29, 0.717) is 21.1 Å². The minimum Gasteiger partial charge on any atom is -0.594 e. The van der Waals surface area contributed by atoms with Crippen LogP contribution in [0.1, 0.15) is 6.92 Å². The Hall–Kier alpha value is -3.39. The first-order valence-electron chi connectivity index (χ1n) is 8.74. The van der Waals surface area contributed by atoms with Crippen LogP contribution in [0.2, 0.25) is 5.02 Å². The minimum atomic E-state index is -0.756. The SMILES string of the molecule is C=CCOC(=O)C(C)Oc1ccc(N(C)c2nc3ccc(Cl)cc3[n+]([O-])n2)cc1. The Morgan fingerprint density at radius 3 is 2.76 bits per heavy atom. The summed E-state index contributed by atoms with van der Waals surface area (Å²) < 4.78 is 10.5. The minimum absolute atomic E-state index is 0.133. The van der Waals surface area contributed by atoms with Gasteiger partial charge >= 0.3 is 5.97 Å². The Morgan fingerprint density at radius 2 is 2.07 bits per heavy atom. The molecule has 150 valence electrons. The van der Waals surface area contributed by atoms with Gasteiger partial charge in [0.1, 0.15) is 17.9 Å². The summed E-state index contributed by atoms with van der Waals surface area (Å²) in [6.45, 7) is 5.23. The third-order valence-corrected chi connectivity index (χ3v) is 4.29. The average Bonchev–Trinajstić information content (AvgIpc) is 2.72. The lowest BCUT2D eigenvalue weighted by atomic mass is 10.3. The van der Waals surface area contributed by atoms with E-state index in [0.717, 1.165) is 5.69 Å². The number of carbonyl (C=O) groups excluding carboxylic acids is 1. The molecule has 8 nitrogen and oxygen atoms in total. The van der Waals surface area contributed by atoms with E-state index in [4.69, 9.17) is 21.1 Å². The van der Waals surface area contributed by atoms with Crippen LogP contribution < -0.4 is 14.5 Å². The van der Waals surface area contributed by atoms with Gasteiger partial charge in [-0.1, -0.05) is 24.3 Å². The van der Waals surface area contributed by atoms with Gasteiger partial charge in [-0.3, -0.25) is 0 Å². The number of halogens is 1. The molecule has 0 amide bonds. The maximum atomic E-state index is 12.2. The number of ether oxygens (including phenoxy) is 2. The van der Waals surface area contributed by atoms with Crippen LogP contribution in [0.3, 0.4) is 0 Å². The van der Waals surface area contributed by atoms with Crippen molar-refractivity contribution in [3.8, 4) is 5.75 Å². The van der Waals surface area contributed by atoms with E-state index in [1.165, 1.54) is 12.1 Å². The lowest BCUT2D eigenvalue weighted by Gasteiger charge is -2.17. The van der Waals surface area contributed by atoms with Crippen LogP contribution >= 0.6 is 11.6 Å². The summed E-state index contributed by atoms with van der Waals surface area (Å²) in [7, 11) is 1.74. The molecule has 1 atom stereocenters. The molecule has 3 rings (SSSR count). The highest BCUT2D eigenvalue weighted by atomic mass is 35.5. The van der Waals surface area contributed by atoms with Crippen molar-refractivity contribution in [1.82, 2.24) is 10.1 Å². The lowest BCUT2D eigenvalue weighted by molar-refractivity contribution is -0.641. The third-order valence-electron chi connectivity index (χ3n) is 4.06. The fourth-order valence-corrected chi connectivity index (χ4v) is 2.69. The molecule has 0 aliphatic heterocycles. The van der Waals surface area contributed by atoms with E-state index >= 15 is 0 Å². The Labute approximate surface area is 172 Å². The normalized spacial score (nSPS) is 11.7. The molecule has 1 heterocycles. The molecule has 0 aliphatic rings. The van der Waals surface area contributed by atoms with Crippen LogP contribution in [-0.4, -0.2) is 35.8 Å². The van der Waals surface area contributed by atoms with E-state index in [1.54, 1.807) is 55.3 Å². The van der Waals surface area contributed by atoms with E-state index < -0.39 is 12.1 Å². The van der Waals surface area contributed by atoms with Crippen LogP contribution in [0.5, 0.6) is 5.75 Å². The summed E-state index contributed by atoms with van der Waals surface area (Å²) in [5, 5.41) is 16.6. The maximum absolute atomic E-state index is 12.2. The molecular weight excluding hydrogens is 396 g/mol. The molecule has 0 saturated carbocycles. The Kier molecular flexibility index (Phi) is 6.13. The second kappa shape index (κ2) is 8.74. The molecule has 3 aromatic rings. The molecule has 2 aromatic carbocycles. The number of hydrogen-bond donors (Lipinski definition) is 0. The summed E-state index contributed by atoms with van der Waals surface area (Å²) in [6.07, 6.45) is 0.734. The molecule has 29 heavy (non-hydrogen) atoms. The molecule has 0 fully saturated rings. The van der Waals surface area contributed by atoms with E-state index in [-0.39, 0.29) is 18.1 Å². The van der Waals surface area contributed by atoms with Crippen molar-refractivity contribution < 1.29 is 19.1 Å². The average molecular weight is 415 g/mol. The molecule has 1 aromatic heterocycles. The fourth-order valence-electron chi connectivity index (χ4n) is 2.53. The monoisotopic (exact) mass is 414 g/mol. The van der Waals surface area contributed by atoms with Crippen molar-refractivity contribution in [3.63, 3.8) is 0 Å². The predicted molar refractivity (Wildman–Crippen MR) is 109 cm³/mol. The van der Waals surface area contributed by atoms with Crippen molar-refractivity contribution in [2.75, 3.05) is 18.6 Å². The molecule has 0 radical (unpaired) electrons. The number of anilines is 2. The Bertz CT molecular complexity index is 1040. The van der Waals surface area contributed by atoms with Gasteiger partial charge in [0.2, 0.25) is 0 Å². The van der Waals surface area contributed by atoms with Crippen LogP contribution in [0.4, 0.5) is 11.6 Å². The first-order chi connectivity index (χ1) is 13.9. The molecular formula is C20H19ClN4O4. The molecule has 0 bridgehead atoms. The molecule has 0 N–H and O–H groups in total. The summed E-state index contributed by atoms with van der Waals surface area (Å²) in [5.74, 6) is 0.249. The molecule has 9 heteroatoms. The van der Waals surface area contributed by atoms with Crippen LogP contribution in [-0.2, 0) is 9.53 Å². The van der Waals surface area contributed by atoms with Gasteiger partial charge < -0.3 is 19.6 Å². The number of carbonyl (C=O) groups is 1. The van der Waals surface area contributed by atoms with Crippen LogP contribution in [0, 0.1) is 5.21 Å². The number of benzene rings is 2. The summed E-state index contributed by atoms with van der Waals surface area (Å²) in [5.41, 5.74) is 1.50. The highest BCUT2D eigenvalue weighted by Crippen LogP contribution is 2.24. The fraction of sp³-hybridized carbons (Fsp3) is 0.200. The van der Waals surface area contributed by atoms with E-state index in [9.17, 15) is 10.0 Å². The topological polar surface area (TPSA) is 91.5 Å². The number of fused-ring (bicyclic) bond motifs is 1. The first-order valence-corrected chi connectivity index (χ1v) is 9.12. The molecule has 0 aliphatic carbocycles. The van der Waals surface area contributed by atoms with Gasteiger partial charge in [-0.2, -0.15) is 0 Å². The van der Waals surface area contributed by atoms with Crippen LogP contribution in [0.15, 0.2) is 55.1 Å². The zero-order chi connectivity index (χ0) is 21.0. The molecule has 0 saturated heterocycles. The largest absolute Gasteiger partial charge is 0.594 e. The molecule has 1 unspecified atom stereocenters. The second-order valence-electron chi connectivity index (χ2n) is 6.15. The standard InChI is InChI=1S/C20H19ClN4O4/c1-4-11-28-19(26)13(2)29-16-8-6-15(7-9-16)24(3)20-22-17-10-5-14(21)12-18(17)25(27)23-20/h4-10,12-13H,1,11H2,2-3H3. The zero-order valence-corrected chi connectivity index (χ0v) is 16.7. The van der Waals surface area contributed by atoms with Gasteiger partial charge in [-0.05, 0) is 48.2 Å². The predicted octanol–water partition coefficient (Wildman–Crippen LogP) is 3.18. The summed E-state index contributed by atoms with van der Waals surface area (Å²) in [4.78, 5) is 18.3. The zero-order valence-electron chi connectivity index (χ0n) is 15.9. The van der Waals surface area contributed by atoms with Gasteiger partial charge in [0, 0.05) is 23.8 Å². The summed E-state index contributed by atoms with van der Waals surface area (Å²) in [6, 6.07) is 11.8. The van der Waals surface area contributed by atoms with Crippen molar-refractivity contribution >= 4 is 40.2 Å². The number of hydrogen-bond acceptors (Lipinski definition) is 7. The Morgan fingerprint density at radius 1 is 1.34 bits per heavy atom. The molecule has 0 spiro atoms. The first kappa shape index (κ1) is 20.3. The van der Waals surface area contributed by atoms with Crippen molar-refractivity contribution in [1.29, 1.82) is 0 Å². The lowest BCUT2D eigenvalue weighted by Crippen LogP contribution is -2.34. The van der Waals surface area contributed by atoms with Gasteiger partial charge in [-0.15, -0.1) is 0 Å². The highest BCUT2D eigenvalue weighted by molar-refractivity contribution is 6.31. The highest BCUT2D eigenvalue weighted by Gasteiger charge is 2.18. The van der Waals surface area contributed by atoms with Crippen molar-refractivity contribution in [3.05, 3.63) is 65.3 Å². The van der Waals surface area contributed by atoms with Crippen molar-refractivity contribution in [2.24, 2.45) is 0 Å². The second-order valence-corrected chi connectivity index (χ2v) is 6.59. The van der Waals surface area contributed by atoms with Gasteiger partial charge in [0.15, 0.2) is 6.10 Å². The number of rotatable bonds is 7. The smallest absolute Gasteiger partial charge is 0.347 e. The Balaban J connectivity index is 1.76. The maximum Gasteiger partial charge on any atom is 0.347 e. The van der Waals surface area contributed by atoms with Gasteiger partial charge in [0.25, 0.3) is 11.5 Å². The third kappa shape index (κ3) is 4.72. The van der Waals surface area contributed by atoms with Crippen molar-refractivity contribution in [2.45, 2.75) is 13.0 Å². The van der Waals surface area contributed by atoms with E-state index in [2.05, 4.69) is 16.7 Å². The van der Waals surface area contributed by atoms with E-state index in [1.807, 2.05) is 0 Å². The van der Waals surface area contributed by atoms with Gasteiger partial charge in [0.05, 0.1) is 5.10 Å². The number of nitrogens with zero attached hydrogens (tertiary/aromatic N) is 4. The summed E-state index contributed by atoms with van der Waals surface area (Å²) >= 11 is 5.92. The number of esters is 1. The van der Waals surface area contributed by atoms with Gasteiger partial charge in [-0.25, -0.2) is 9.78 Å². The van der Waals surface area contributed by atoms with Crippen LogP contribution in [0.25, 0.3) is 11.0 Å².